The Hall–Kier alpha value is -1.81. The second kappa shape index (κ2) is 10.0. The molecular formula is C12H21N3O6S. The van der Waals surface area contributed by atoms with E-state index in [0.717, 1.165) is 0 Å². The fourth-order valence-corrected chi connectivity index (χ4v) is 1.71. The summed E-state index contributed by atoms with van der Waals surface area (Å²) in [6.07, 6.45) is 0.220. The highest BCUT2D eigenvalue weighted by molar-refractivity contribution is 7.81. The summed E-state index contributed by atoms with van der Waals surface area (Å²) in [5.41, 5.74) is 5.28. The van der Waals surface area contributed by atoms with Crippen LogP contribution in [0.2, 0.25) is 0 Å². The predicted molar refractivity (Wildman–Crippen MR) is 80.5 cm³/mol. The van der Waals surface area contributed by atoms with Gasteiger partial charge in [0, 0.05) is 11.7 Å². The van der Waals surface area contributed by atoms with Crippen molar-refractivity contribution in [3.05, 3.63) is 0 Å². The molecule has 0 aromatic rings. The molecule has 0 aliphatic heterocycles. The molecule has 1 unspecified atom stereocenters. The van der Waals surface area contributed by atoms with E-state index in [9.17, 15) is 19.2 Å². The van der Waals surface area contributed by atoms with E-state index in [2.05, 4.69) is 23.3 Å². The fourth-order valence-electron chi connectivity index (χ4n) is 1.50. The SMILES string of the molecule is CCC(S)[C@H](NC(=O)CC[C@H](N)C(=O)O)C(=O)NCC(=O)O. The second-order valence-corrected chi connectivity index (χ2v) is 5.28. The van der Waals surface area contributed by atoms with Gasteiger partial charge in [0.25, 0.3) is 0 Å². The topological polar surface area (TPSA) is 159 Å². The van der Waals surface area contributed by atoms with Gasteiger partial charge in [0.1, 0.15) is 18.6 Å². The molecule has 0 radical (unpaired) electrons. The number of carboxylic acid groups (broad SMARTS) is 2. The lowest BCUT2D eigenvalue weighted by molar-refractivity contribution is -0.139. The predicted octanol–water partition coefficient (Wildman–Crippen LogP) is -1.43. The molecule has 0 aliphatic rings. The van der Waals surface area contributed by atoms with Crippen LogP contribution in [0.1, 0.15) is 26.2 Å². The number of hydrogen-bond donors (Lipinski definition) is 6. The van der Waals surface area contributed by atoms with Crippen LogP contribution in [0.25, 0.3) is 0 Å². The number of nitrogens with one attached hydrogen (secondary N) is 2. The Morgan fingerprint density at radius 2 is 1.82 bits per heavy atom. The van der Waals surface area contributed by atoms with E-state index in [-0.39, 0.29) is 12.8 Å². The summed E-state index contributed by atoms with van der Waals surface area (Å²) < 4.78 is 0. The third-order valence-corrected chi connectivity index (χ3v) is 3.48. The summed E-state index contributed by atoms with van der Waals surface area (Å²) in [6.45, 7) is 1.18. The Bertz CT molecular complexity index is 431. The van der Waals surface area contributed by atoms with Gasteiger partial charge in [0.2, 0.25) is 11.8 Å². The largest absolute Gasteiger partial charge is 0.480 e. The van der Waals surface area contributed by atoms with Gasteiger partial charge in [-0.25, -0.2) is 0 Å². The molecular weight excluding hydrogens is 314 g/mol. The molecule has 126 valence electrons. The Morgan fingerprint density at radius 1 is 1.23 bits per heavy atom. The van der Waals surface area contributed by atoms with Crippen molar-refractivity contribution in [3.8, 4) is 0 Å². The lowest BCUT2D eigenvalue weighted by atomic mass is 10.1. The van der Waals surface area contributed by atoms with Crippen LogP contribution in [-0.4, -0.2) is 57.8 Å². The van der Waals surface area contributed by atoms with Crippen LogP contribution in [0, 0.1) is 0 Å². The Balaban J connectivity index is 4.58. The first-order valence-electron chi connectivity index (χ1n) is 6.64. The Morgan fingerprint density at radius 3 is 2.27 bits per heavy atom. The van der Waals surface area contributed by atoms with Crippen molar-refractivity contribution in [1.82, 2.24) is 10.6 Å². The van der Waals surface area contributed by atoms with Gasteiger partial charge in [-0.05, 0) is 12.8 Å². The smallest absolute Gasteiger partial charge is 0.322 e. The zero-order chi connectivity index (χ0) is 17.3. The van der Waals surface area contributed by atoms with Crippen molar-refractivity contribution in [2.45, 2.75) is 43.5 Å². The number of thiol groups is 1. The van der Waals surface area contributed by atoms with E-state index in [1.165, 1.54) is 0 Å². The highest BCUT2D eigenvalue weighted by atomic mass is 32.1. The molecule has 0 fully saturated rings. The fraction of sp³-hybridized carbons (Fsp3) is 0.667. The average Bonchev–Trinajstić information content (AvgIpc) is 2.46. The monoisotopic (exact) mass is 335 g/mol. The van der Waals surface area contributed by atoms with Gasteiger partial charge < -0.3 is 26.6 Å². The van der Waals surface area contributed by atoms with Crippen LogP contribution in [0.15, 0.2) is 0 Å². The molecule has 0 rings (SSSR count). The van der Waals surface area contributed by atoms with E-state index < -0.39 is 47.6 Å². The Labute approximate surface area is 133 Å². The number of hydrogen-bond acceptors (Lipinski definition) is 6. The van der Waals surface area contributed by atoms with Gasteiger partial charge in [-0.2, -0.15) is 12.6 Å². The maximum Gasteiger partial charge on any atom is 0.322 e. The van der Waals surface area contributed by atoms with E-state index >= 15 is 0 Å². The van der Waals surface area contributed by atoms with Crippen LogP contribution in [0.4, 0.5) is 0 Å². The molecule has 0 aliphatic carbocycles. The maximum absolute atomic E-state index is 11.9. The molecule has 22 heavy (non-hydrogen) atoms. The summed E-state index contributed by atoms with van der Waals surface area (Å²) in [6, 6.07) is -2.18. The zero-order valence-electron chi connectivity index (χ0n) is 12.1. The van der Waals surface area contributed by atoms with Crippen molar-refractivity contribution < 1.29 is 29.4 Å². The van der Waals surface area contributed by atoms with E-state index in [4.69, 9.17) is 15.9 Å². The van der Waals surface area contributed by atoms with Gasteiger partial charge in [-0.3, -0.25) is 19.2 Å². The van der Waals surface area contributed by atoms with Crippen LogP contribution in [0.3, 0.4) is 0 Å². The molecule has 0 saturated carbocycles. The second-order valence-electron chi connectivity index (χ2n) is 4.62. The normalized spacial score (nSPS) is 14.5. The third-order valence-electron chi connectivity index (χ3n) is 2.82. The van der Waals surface area contributed by atoms with Crippen LogP contribution in [-0.2, 0) is 19.2 Å². The standard InChI is InChI=1S/C12H21N3O6S/c1-2-7(22)10(11(19)14-5-9(17)18)15-8(16)4-3-6(13)12(20)21/h6-7,10,22H,2-5,13H2,1H3,(H,14,19)(H,15,16)(H,17,18)(H,20,21)/t6-,7?,10-/m0/s1. The Kier molecular flexibility index (Phi) is 9.18. The highest BCUT2D eigenvalue weighted by Gasteiger charge is 2.27. The van der Waals surface area contributed by atoms with Gasteiger partial charge in [0.15, 0.2) is 0 Å². The molecule has 3 atom stereocenters. The minimum absolute atomic E-state index is 0.0754. The van der Waals surface area contributed by atoms with Crippen molar-refractivity contribution in [1.29, 1.82) is 0 Å². The summed E-state index contributed by atoms with van der Waals surface area (Å²) in [5.74, 6) is -3.65. The summed E-state index contributed by atoms with van der Waals surface area (Å²) in [4.78, 5) is 44.6. The molecule has 0 heterocycles. The van der Waals surface area contributed by atoms with E-state index in [0.29, 0.717) is 6.42 Å². The molecule has 10 heteroatoms. The van der Waals surface area contributed by atoms with Gasteiger partial charge in [0.05, 0.1) is 0 Å². The minimum atomic E-state index is -1.22. The first-order chi connectivity index (χ1) is 10.2. The van der Waals surface area contributed by atoms with E-state index in [1.54, 1.807) is 6.92 Å². The first-order valence-corrected chi connectivity index (χ1v) is 7.16. The summed E-state index contributed by atoms with van der Waals surface area (Å²) in [7, 11) is 0. The minimum Gasteiger partial charge on any atom is -0.480 e. The highest BCUT2D eigenvalue weighted by Crippen LogP contribution is 2.08. The molecule has 6 N–H and O–H groups in total. The van der Waals surface area contributed by atoms with Gasteiger partial charge in [-0.1, -0.05) is 6.92 Å². The molecule has 0 saturated heterocycles. The lowest BCUT2D eigenvalue weighted by Crippen LogP contribution is -2.52. The molecule has 0 spiro atoms. The number of amides is 2. The average molecular weight is 335 g/mol. The molecule has 0 aromatic heterocycles. The number of carbonyl (C=O) groups is 4. The molecule has 0 bridgehead atoms. The number of aliphatic carboxylic acids is 2. The van der Waals surface area contributed by atoms with Crippen molar-refractivity contribution in [2.75, 3.05) is 6.54 Å². The van der Waals surface area contributed by atoms with Crippen molar-refractivity contribution >= 4 is 36.4 Å². The first kappa shape index (κ1) is 20.2. The van der Waals surface area contributed by atoms with Crippen LogP contribution >= 0.6 is 12.6 Å². The zero-order valence-corrected chi connectivity index (χ0v) is 13.0. The van der Waals surface area contributed by atoms with Crippen molar-refractivity contribution in [2.24, 2.45) is 5.73 Å². The molecule has 0 aromatic carbocycles. The van der Waals surface area contributed by atoms with Crippen LogP contribution < -0.4 is 16.4 Å². The summed E-state index contributed by atoms with van der Waals surface area (Å²) in [5, 5.41) is 21.2. The number of carbonyl (C=O) groups excluding carboxylic acids is 2. The van der Waals surface area contributed by atoms with Gasteiger partial charge >= 0.3 is 11.9 Å². The number of rotatable bonds is 10. The van der Waals surface area contributed by atoms with Crippen LogP contribution in [0.5, 0.6) is 0 Å². The van der Waals surface area contributed by atoms with E-state index in [1.807, 2.05) is 0 Å². The lowest BCUT2D eigenvalue weighted by Gasteiger charge is -2.22. The number of nitrogens with two attached hydrogens (primary N) is 1. The third kappa shape index (κ3) is 7.84. The number of carboxylic acids is 2. The van der Waals surface area contributed by atoms with Crippen molar-refractivity contribution in [3.63, 3.8) is 0 Å². The molecule has 2 amide bonds. The maximum atomic E-state index is 11.9. The summed E-state index contributed by atoms with van der Waals surface area (Å²) >= 11 is 4.18. The quantitative estimate of drug-likeness (QED) is 0.267. The van der Waals surface area contributed by atoms with Gasteiger partial charge in [-0.15, -0.1) is 0 Å². The molecule has 9 nitrogen and oxygen atoms in total.